The van der Waals surface area contributed by atoms with Crippen LogP contribution in [0, 0.1) is 22.7 Å². The van der Waals surface area contributed by atoms with Crippen LogP contribution >= 0.6 is 12.6 Å². The largest absolute Gasteiger partial charge is 0.378 e. The van der Waals surface area contributed by atoms with Gasteiger partial charge >= 0.3 is 0 Å². The molecule has 0 aliphatic carbocycles. The SMILES string of the molecule is CC(CC(=O)c1ccc(N(C)C)cc1)C(C)(C(=O)c1ccccc1)C(C)C(C)(CS)C(=O)c1ccc(-c2ccccc2)cc1. The number of anilines is 1. The van der Waals surface area contributed by atoms with Gasteiger partial charge in [-0.3, -0.25) is 14.4 Å². The molecule has 4 nitrogen and oxygen atoms in total. The third-order valence-corrected chi connectivity index (χ3v) is 10.4. The summed E-state index contributed by atoms with van der Waals surface area (Å²) in [7, 11) is 3.91. The molecule has 0 aromatic heterocycles. The van der Waals surface area contributed by atoms with Crippen LogP contribution in [0.25, 0.3) is 11.1 Å². The van der Waals surface area contributed by atoms with Gasteiger partial charge in [-0.1, -0.05) is 113 Å². The smallest absolute Gasteiger partial charge is 0.169 e. The van der Waals surface area contributed by atoms with Gasteiger partial charge in [0.25, 0.3) is 0 Å². The van der Waals surface area contributed by atoms with Gasteiger partial charge in [-0.25, -0.2) is 0 Å². The monoisotopic (exact) mass is 605 g/mol. The number of thiol groups is 1. The van der Waals surface area contributed by atoms with Crippen molar-refractivity contribution in [2.24, 2.45) is 22.7 Å². The van der Waals surface area contributed by atoms with E-state index < -0.39 is 16.7 Å². The van der Waals surface area contributed by atoms with E-state index in [2.05, 4.69) is 0 Å². The van der Waals surface area contributed by atoms with Crippen LogP contribution in [0.15, 0.2) is 109 Å². The minimum Gasteiger partial charge on any atom is -0.378 e. The summed E-state index contributed by atoms with van der Waals surface area (Å²) in [4.78, 5) is 44.3. The summed E-state index contributed by atoms with van der Waals surface area (Å²) in [6, 6.07) is 34.4. The molecule has 0 N–H and O–H groups in total. The molecule has 0 fully saturated rings. The zero-order valence-electron chi connectivity index (χ0n) is 26.6. The maximum atomic E-state index is 14.5. The first kappa shape index (κ1) is 32.9. The fourth-order valence-electron chi connectivity index (χ4n) is 6.14. The highest BCUT2D eigenvalue weighted by Crippen LogP contribution is 2.50. The molecule has 4 aromatic carbocycles. The minimum absolute atomic E-state index is 0.0301. The summed E-state index contributed by atoms with van der Waals surface area (Å²) in [5.41, 5.74) is 2.83. The molecular formula is C39H43NO3S. The molecule has 0 heterocycles. The quantitative estimate of drug-likeness (QED) is 0.122. The maximum Gasteiger partial charge on any atom is 0.169 e. The molecule has 0 aliphatic rings. The molecule has 0 saturated heterocycles. The van der Waals surface area contributed by atoms with Crippen molar-refractivity contribution >= 4 is 35.7 Å². The highest BCUT2D eigenvalue weighted by molar-refractivity contribution is 7.80. The second-order valence-corrected chi connectivity index (χ2v) is 12.8. The molecule has 0 aliphatic heterocycles. The van der Waals surface area contributed by atoms with E-state index in [4.69, 9.17) is 12.6 Å². The Kier molecular flexibility index (Phi) is 10.3. The highest BCUT2D eigenvalue weighted by Gasteiger charge is 2.53. The fraction of sp³-hybridized carbons (Fsp3) is 0.308. The number of hydrogen-bond donors (Lipinski definition) is 1. The van der Waals surface area contributed by atoms with E-state index in [9.17, 15) is 14.4 Å². The van der Waals surface area contributed by atoms with E-state index in [0.717, 1.165) is 16.8 Å². The Morgan fingerprint density at radius 2 is 1.14 bits per heavy atom. The Hall–Kier alpha value is -3.96. The Labute approximate surface area is 267 Å². The Morgan fingerprint density at radius 1 is 0.659 bits per heavy atom. The molecule has 0 radical (unpaired) electrons. The average Bonchev–Trinajstić information content (AvgIpc) is 3.07. The Bertz CT molecular complexity index is 1580. The minimum atomic E-state index is -1.04. The predicted molar refractivity (Wildman–Crippen MR) is 185 cm³/mol. The first-order chi connectivity index (χ1) is 20.9. The van der Waals surface area contributed by atoms with Crippen molar-refractivity contribution < 1.29 is 14.4 Å². The molecule has 4 aromatic rings. The number of hydrogen-bond acceptors (Lipinski definition) is 5. The molecule has 5 heteroatoms. The normalized spacial score (nSPS) is 15.3. The molecule has 228 valence electrons. The van der Waals surface area contributed by atoms with Crippen molar-refractivity contribution in [3.05, 3.63) is 126 Å². The van der Waals surface area contributed by atoms with Gasteiger partial charge in [-0.05, 0) is 47.2 Å². The second kappa shape index (κ2) is 13.8. The van der Waals surface area contributed by atoms with E-state index in [0.29, 0.717) is 16.7 Å². The number of nitrogens with zero attached hydrogens (tertiary/aromatic N) is 1. The molecule has 4 atom stereocenters. The van der Waals surface area contributed by atoms with Crippen molar-refractivity contribution in [2.45, 2.75) is 34.1 Å². The lowest BCUT2D eigenvalue weighted by atomic mass is 9.55. The zero-order chi connectivity index (χ0) is 32.1. The molecule has 4 rings (SSSR count). The van der Waals surface area contributed by atoms with Gasteiger partial charge < -0.3 is 4.90 Å². The predicted octanol–water partition coefficient (Wildman–Crippen LogP) is 8.97. The molecule has 44 heavy (non-hydrogen) atoms. The maximum absolute atomic E-state index is 14.5. The van der Waals surface area contributed by atoms with Gasteiger partial charge in [0, 0.05) is 59.5 Å². The van der Waals surface area contributed by atoms with Crippen molar-refractivity contribution in [2.75, 3.05) is 24.7 Å². The molecular weight excluding hydrogens is 563 g/mol. The van der Waals surface area contributed by atoms with Crippen LogP contribution in [0.1, 0.15) is 65.2 Å². The van der Waals surface area contributed by atoms with Gasteiger partial charge in [-0.2, -0.15) is 12.6 Å². The second-order valence-electron chi connectivity index (χ2n) is 12.5. The number of Topliss-reactive ketones (excluding diaryl/α,β-unsaturated/α-hetero) is 3. The van der Waals surface area contributed by atoms with Crippen molar-refractivity contribution in [3.8, 4) is 11.1 Å². The summed E-state index contributed by atoms with van der Waals surface area (Å²) in [5.74, 6) is -0.729. The van der Waals surface area contributed by atoms with Crippen LogP contribution in [0.5, 0.6) is 0 Å². The van der Waals surface area contributed by atoms with Crippen molar-refractivity contribution in [3.63, 3.8) is 0 Å². The first-order valence-electron chi connectivity index (χ1n) is 15.1. The molecule has 0 amide bonds. The van der Waals surface area contributed by atoms with Crippen LogP contribution in [-0.4, -0.2) is 37.2 Å². The van der Waals surface area contributed by atoms with E-state index in [-0.39, 0.29) is 35.4 Å². The third-order valence-electron chi connectivity index (χ3n) is 9.70. The number of ketones is 3. The van der Waals surface area contributed by atoms with E-state index >= 15 is 0 Å². The van der Waals surface area contributed by atoms with Crippen molar-refractivity contribution in [1.82, 2.24) is 0 Å². The van der Waals surface area contributed by atoms with E-state index in [1.54, 1.807) is 0 Å². The number of carbonyl (C=O) groups is 3. The number of carbonyl (C=O) groups excluding carboxylic acids is 3. The number of benzene rings is 4. The van der Waals surface area contributed by atoms with E-state index in [1.807, 2.05) is 156 Å². The molecule has 4 unspecified atom stereocenters. The Balaban J connectivity index is 1.69. The number of rotatable bonds is 13. The molecule has 0 spiro atoms. The van der Waals surface area contributed by atoms with Crippen LogP contribution in [-0.2, 0) is 0 Å². The molecule has 0 saturated carbocycles. The average molecular weight is 606 g/mol. The van der Waals surface area contributed by atoms with Gasteiger partial charge in [0.1, 0.15) is 0 Å². The lowest BCUT2D eigenvalue weighted by Gasteiger charge is -2.47. The lowest BCUT2D eigenvalue weighted by molar-refractivity contribution is 0.0244. The van der Waals surface area contributed by atoms with Gasteiger partial charge in [0.2, 0.25) is 0 Å². The van der Waals surface area contributed by atoms with Crippen LogP contribution in [0.3, 0.4) is 0 Å². The van der Waals surface area contributed by atoms with Crippen LogP contribution < -0.4 is 4.90 Å². The third kappa shape index (κ3) is 6.58. The summed E-state index contributed by atoms with van der Waals surface area (Å²) in [6.45, 7) is 7.76. The summed E-state index contributed by atoms with van der Waals surface area (Å²) in [6.07, 6.45) is 0.170. The Morgan fingerprint density at radius 3 is 1.66 bits per heavy atom. The first-order valence-corrected chi connectivity index (χ1v) is 15.8. The van der Waals surface area contributed by atoms with Gasteiger partial charge in [-0.15, -0.1) is 0 Å². The topological polar surface area (TPSA) is 54.5 Å². The van der Waals surface area contributed by atoms with Crippen LogP contribution in [0.2, 0.25) is 0 Å². The summed E-state index contributed by atoms with van der Waals surface area (Å²) >= 11 is 4.71. The van der Waals surface area contributed by atoms with Crippen molar-refractivity contribution in [1.29, 1.82) is 0 Å². The summed E-state index contributed by atoms with van der Waals surface area (Å²) < 4.78 is 0. The summed E-state index contributed by atoms with van der Waals surface area (Å²) in [5, 5.41) is 0. The van der Waals surface area contributed by atoms with Gasteiger partial charge in [0.15, 0.2) is 17.3 Å². The highest BCUT2D eigenvalue weighted by atomic mass is 32.1. The zero-order valence-corrected chi connectivity index (χ0v) is 27.5. The van der Waals surface area contributed by atoms with E-state index in [1.165, 1.54) is 0 Å². The standard InChI is InChI=1S/C39H43NO3S/c1-27(25-35(41)31-21-23-34(24-22-31)40(5)6)39(4,37(43)32-15-11-8-12-16-32)28(2)38(3,26-44)36(42)33-19-17-30(18-20-33)29-13-9-7-10-14-29/h7-24,27-28,44H,25-26H2,1-6H3. The lowest BCUT2D eigenvalue weighted by Crippen LogP contribution is -2.51. The fourth-order valence-corrected chi connectivity index (χ4v) is 6.56. The van der Waals surface area contributed by atoms with Gasteiger partial charge in [0.05, 0.1) is 0 Å². The molecule has 0 bridgehead atoms. The van der Waals surface area contributed by atoms with Crippen LogP contribution in [0.4, 0.5) is 5.69 Å².